The van der Waals surface area contributed by atoms with Crippen molar-refractivity contribution < 1.29 is 14.6 Å². The van der Waals surface area contributed by atoms with E-state index >= 15 is 0 Å². The van der Waals surface area contributed by atoms with Gasteiger partial charge in [0.1, 0.15) is 5.82 Å². The molecule has 1 unspecified atom stereocenters. The maximum absolute atomic E-state index is 12.7. The fraction of sp³-hybridized carbons (Fsp3) is 0.429. The third-order valence-corrected chi connectivity index (χ3v) is 5.21. The quantitative estimate of drug-likeness (QED) is 0.656. The van der Waals surface area contributed by atoms with Gasteiger partial charge in [-0.05, 0) is 48.6 Å². The minimum Gasteiger partial charge on any atom is -0.396 e. The van der Waals surface area contributed by atoms with E-state index in [1.807, 2.05) is 25.1 Å². The Kier molecular flexibility index (Phi) is 7.25. The summed E-state index contributed by atoms with van der Waals surface area (Å²) in [6.07, 6.45) is 3.48. The number of hydrogen-bond acceptors (Lipinski definition) is 5. The van der Waals surface area contributed by atoms with Crippen LogP contribution in [0.25, 0.3) is 0 Å². The van der Waals surface area contributed by atoms with Crippen LogP contribution in [0.15, 0.2) is 36.5 Å². The molecule has 3 N–H and O–H groups in total. The average Bonchev–Trinajstić information content (AvgIpc) is 2.72. The molecule has 1 atom stereocenters. The summed E-state index contributed by atoms with van der Waals surface area (Å²) >= 11 is 6.03. The topological polar surface area (TPSA) is 83.5 Å². The lowest BCUT2D eigenvalue weighted by atomic mass is 9.96. The molecule has 0 aliphatic carbocycles. The Bertz CT molecular complexity index is 809. The molecule has 1 amide bonds. The Hall–Kier alpha value is -2.15. The van der Waals surface area contributed by atoms with E-state index in [0.717, 1.165) is 37.3 Å². The number of amides is 1. The number of halogens is 1. The molecule has 6 nitrogen and oxygen atoms in total. The molecule has 2 heterocycles. The van der Waals surface area contributed by atoms with E-state index in [2.05, 4.69) is 15.6 Å². The van der Waals surface area contributed by atoms with Gasteiger partial charge in [0.05, 0.1) is 5.56 Å². The molecular weight excluding hydrogens is 378 g/mol. The maximum Gasteiger partial charge on any atom is 0.253 e. The first kappa shape index (κ1) is 20.6. The van der Waals surface area contributed by atoms with Crippen molar-refractivity contribution in [2.45, 2.75) is 25.7 Å². The molecular formula is C21H26ClN3O3. The zero-order valence-electron chi connectivity index (χ0n) is 16.0. The summed E-state index contributed by atoms with van der Waals surface area (Å²) in [5.74, 6) is 0.682. The largest absolute Gasteiger partial charge is 0.396 e. The van der Waals surface area contributed by atoms with E-state index in [1.165, 1.54) is 0 Å². The Morgan fingerprint density at radius 3 is 2.86 bits per heavy atom. The van der Waals surface area contributed by atoms with Crippen LogP contribution in [0.5, 0.6) is 0 Å². The van der Waals surface area contributed by atoms with Crippen LogP contribution in [0.3, 0.4) is 0 Å². The van der Waals surface area contributed by atoms with Crippen LogP contribution in [0, 0.1) is 5.92 Å². The minimum absolute atomic E-state index is 0.0547. The van der Waals surface area contributed by atoms with E-state index in [9.17, 15) is 9.90 Å². The van der Waals surface area contributed by atoms with Gasteiger partial charge in [-0.2, -0.15) is 0 Å². The number of anilines is 2. The monoisotopic (exact) mass is 403 g/mol. The van der Waals surface area contributed by atoms with Crippen LogP contribution in [-0.4, -0.2) is 42.4 Å². The molecule has 1 aromatic heterocycles. The number of aliphatic hydroxyl groups excluding tert-OH is 1. The van der Waals surface area contributed by atoms with E-state index in [1.54, 1.807) is 18.3 Å². The van der Waals surface area contributed by atoms with Crippen molar-refractivity contribution in [2.75, 3.05) is 31.7 Å². The maximum atomic E-state index is 12.7. The third kappa shape index (κ3) is 5.44. The summed E-state index contributed by atoms with van der Waals surface area (Å²) in [5.41, 5.74) is 2.05. The summed E-state index contributed by atoms with van der Waals surface area (Å²) in [7, 11) is 0. The van der Waals surface area contributed by atoms with E-state index < -0.39 is 0 Å². The summed E-state index contributed by atoms with van der Waals surface area (Å²) < 4.78 is 5.36. The zero-order valence-corrected chi connectivity index (χ0v) is 16.7. The van der Waals surface area contributed by atoms with Crippen LogP contribution in [0.1, 0.15) is 41.6 Å². The van der Waals surface area contributed by atoms with Crippen molar-refractivity contribution >= 4 is 29.0 Å². The molecule has 1 saturated heterocycles. The predicted octanol–water partition coefficient (Wildman–Crippen LogP) is 3.73. The molecule has 3 rings (SSSR count). The second-order valence-corrected chi connectivity index (χ2v) is 7.58. The Morgan fingerprint density at radius 2 is 2.14 bits per heavy atom. The molecule has 7 heteroatoms. The van der Waals surface area contributed by atoms with Crippen LogP contribution in [0.4, 0.5) is 11.5 Å². The normalized spacial score (nSPS) is 15.8. The molecule has 150 valence electrons. The molecule has 1 fully saturated rings. The second-order valence-electron chi connectivity index (χ2n) is 7.14. The standard InChI is InChI=1S/C21H26ClN3O3/c1-14(13-26)18-10-20(25-17-4-2-3-16(22)9-17)23-12-19(18)21(27)24-11-15-5-7-28-8-6-15/h2-4,9-10,12,14-15,26H,5-8,11,13H2,1H3,(H,23,25)(H,24,27). The Morgan fingerprint density at radius 1 is 1.36 bits per heavy atom. The highest BCUT2D eigenvalue weighted by atomic mass is 35.5. The summed E-state index contributed by atoms with van der Waals surface area (Å²) in [5, 5.41) is 16.5. The van der Waals surface area contributed by atoms with Crippen molar-refractivity contribution in [1.29, 1.82) is 0 Å². The average molecular weight is 404 g/mol. The summed E-state index contributed by atoms with van der Waals surface area (Å²) in [6.45, 7) is 3.95. The highest BCUT2D eigenvalue weighted by Gasteiger charge is 2.20. The number of aromatic nitrogens is 1. The van der Waals surface area contributed by atoms with Crippen molar-refractivity contribution in [2.24, 2.45) is 5.92 Å². The molecule has 0 spiro atoms. The van der Waals surface area contributed by atoms with Gasteiger partial charge in [-0.3, -0.25) is 4.79 Å². The van der Waals surface area contributed by atoms with Gasteiger partial charge in [-0.1, -0.05) is 24.6 Å². The molecule has 0 radical (unpaired) electrons. The second kappa shape index (κ2) is 9.87. The number of aliphatic hydroxyl groups is 1. The lowest BCUT2D eigenvalue weighted by molar-refractivity contribution is 0.0642. The number of pyridine rings is 1. The summed E-state index contributed by atoms with van der Waals surface area (Å²) in [4.78, 5) is 17.1. The molecule has 28 heavy (non-hydrogen) atoms. The number of ether oxygens (including phenoxy) is 1. The Balaban J connectivity index is 1.75. The zero-order chi connectivity index (χ0) is 19.9. The van der Waals surface area contributed by atoms with Gasteiger partial charge in [0, 0.05) is 49.2 Å². The van der Waals surface area contributed by atoms with Gasteiger partial charge in [-0.15, -0.1) is 0 Å². The van der Waals surface area contributed by atoms with E-state index in [0.29, 0.717) is 28.9 Å². The molecule has 2 aromatic rings. The molecule has 1 aromatic carbocycles. The lowest BCUT2D eigenvalue weighted by Crippen LogP contribution is -2.33. The SMILES string of the molecule is CC(CO)c1cc(Nc2cccc(Cl)c2)ncc1C(=O)NCC1CCOCC1. The molecule has 0 saturated carbocycles. The lowest BCUT2D eigenvalue weighted by Gasteiger charge is -2.22. The molecule has 1 aliphatic rings. The molecule has 1 aliphatic heterocycles. The van der Waals surface area contributed by atoms with Crippen molar-refractivity contribution in [1.82, 2.24) is 10.3 Å². The van der Waals surface area contributed by atoms with Crippen LogP contribution < -0.4 is 10.6 Å². The van der Waals surface area contributed by atoms with Gasteiger partial charge in [0.15, 0.2) is 0 Å². The van der Waals surface area contributed by atoms with E-state index in [4.69, 9.17) is 16.3 Å². The van der Waals surface area contributed by atoms with Gasteiger partial charge in [-0.25, -0.2) is 4.98 Å². The number of nitrogens with zero attached hydrogens (tertiary/aromatic N) is 1. The van der Waals surface area contributed by atoms with Crippen molar-refractivity contribution in [3.63, 3.8) is 0 Å². The van der Waals surface area contributed by atoms with Gasteiger partial charge < -0.3 is 20.5 Å². The first-order valence-corrected chi connectivity index (χ1v) is 9.94. The van der Waals surface area contributed by atoms with Crippen LogP contribution >= 0.6 is 11.6 Å². The number of rotatable bonds is 7. The highest BCUT2D eigenvalue weighted by molar-refractivity contribution is 6.30. The van der Waals surface area contributed by atoms with Crippen LogP contribution in [0.2, 0.25) is 5.02 Å². The number of benzene rings is 1. The minimum atomic E-state index is -0.188. The smallest absolute Gasteiger partial charge is 0.253 e. The number of carbonyl (C=O) groups is 1. The summed E-state index contributed by atoms with van der Waals surface area (Å²) in [6, 6.07) is 9.14. The fourth-order valence-corrected chi connectivity index (χ4v) is 3.42. The highest BCUT2D eigenvalue weighted by Crippen LogP contribution is 2.25. The van der Waals surface area contributed by atoms with Crippen LogP contribution in [-0.2, 0) is 4.74 Å². The van der Waals surface area contributed by atoms with Gasteiger partial charge in [0.25, 0.3) is 5.91 Å². The van der Waals surface area contributed by atoms with E-state index in [-0.39, 0.29) is 18.4 Å². The van der Waals surface area contributed by atoms with Crippen molar-refractivity contribution in [3.05, 3.63) is 52.7 Å². The fourth-order valence-electron chi connectivity index (χ4n) is 3.23. The number of carbonyl (C=O) groups excluding carboxylic acids is 1. The third-order valence-electron chi connectivity index (χ3n) is 4.97. The van der Waals surface area contributed by atoms with Crippen molar-refractivity contribution in [3.8, 4) is 0 Å². The van der Waals surface area contributed by atoms with Gasteiger partial charge in [0.2, 0.25) is 0 Å². The molecule has 0 bridgehead atoms. The predicted molar refractivity (Wildman–Crippen MR) is 110 cm³/mol. The Labute approximate surface area is 170 Å². The first-order chi connectivity index (χ1) is 13.6. The van der Waals surface area contributed by atoms with Gasteiger partial charge >= 0.3 is 0 Å². The number of hydrogen-bond donors (Lipinski definition) is 3. The first-order valence-electron chi connectivity index (χ1n) is 9.56. The number of nitrogens with one attached hydrogen (secondary N) is 2.